The summed E-state index contributed by atoms with van der Waals surface area (Å²) in [4.78, 5) is 5.05. The third-order valence-electron chi connectivity index (χ3n) is 4.05. The lowest BCUT2D eigenvalue weighted by Crippen LogP contribution is -2.36. The summed E-state index contributed by atoms with van der Waals surface area (Å²) in [6.07, 6.45) is 3.88. The lowest BCUT2D eigenvalue weighted by molar-refractivity contribution is 0.273. The normalized spacial score (nSPS) is 25.0. The average molecular weight is 285 g/mol. The van der Waals surface area contributed by atoms with E-state index in [4.69, 9.17) is 23.2 Å². The van der Waals surface area contributed by atoms with Crippen molar-refractivity contribution in [2.24, 2.45) is 0 Å². The number of fused-ring (bicyclic) bond motifs is 1. The smallest absolute Gasteiger partial charge is 0.0654 e. The van der Waals surface area contributed by atoms with E-state index in [0.717, 1.165) is 23.8 Å². The van der Waals surface area contributed by atoms with Crippen molar-refractivity contribution in [1.82, 2.24) is 4.90 Å². The Morgan fingerprint density at radius 3 is 2.72 bits per heavy atom. The first-order chi connectivity index (χ1) is 8.74. The molecule has 1 atom stereocenters. The van der Waals surface area contributed by atoms with E-state index < -0.39 is 0 Å². The van der Waals surface area contributed by atoms with E-state index in [9.17, 15) is 0 Å². The zero-order valence-electron chi connectivity index (χ0n) is 10.4. The predicted octanol–water partition coefficient (Wildman–Crippen LogP) is 3.67. The van der Waals surface area contributed by atoms with Crippen LogP contribution < -0.4 is 4.90 Å². The van der Waals surface area contributed by atoms with Crippen molar-refractivity contribution in [3.63, 3.8) is 0 Å². The molecule has 2 heterocycles. The van der Waals surface area contributed by atoms with Crippen LogP contribution in [-0.2, 0) is 0 Å². The fourth-order valence-electron chi connectivity index (χ4n) is 3.16. The Labute approximate surface area is 118 Å². The van der Waals surface area contributed by atoms with Crippen LogP contribution in [0, 0.1) is 0 Å². The number of benzene rings is 1. The van der Waals surface area contributed by atoms with Gasteiger partial charge in [0, 0.05) is 30.7 Å². The Hall–Kier alpha value is -0.440. The number of hydrogen-bond acceptors (Lipinski definition) is 2. The summed E-state index contributed by atoms with van der Waals surface area (Å²) in [5.74, 6) is 0. The molecule has 1 unspecified atom stereocenters. The summed E-state index contributed by atoms with van der Waals surface area (Å²) in [6, 6.07) is 6.53. The first-order valence-electron chi connectivity index (χ1n) is 6.68. The summed E-state index contributed by atoms with van der Waals surface area (Å²) in [5.41, 5.74) is 1.13. The van der Waals surface area contributed by atoms with E-state index in [2.05, 4.69) is 15.9 Å². The highest BCUT2D eigenvalue weighted by atomic mass is 35.5. The van der Waals surface area contributed by atoms with Crippen molar-refractivity contribution in [3.05, 3.63) is 28.2 Å². The fourth-order valence-corrected chi connectivity index (χ4v) is 3.69. The van der Waals surface area contributed by atoms with E-state index in [1.165, 1.54) is 32.4 Å². The van der Waals surface area contributed by atoms with Crippen LogP contribution in [0.2, 0.25) is 10.0 Å². The first-order valence-corrected chi connectivity index (χ1v) is 7.44. The van der Waals surface area contributed by atoms with Crippen LogP contribution >= 0.6 is 23.2 Å². The second-order valence-corrected chi connectivity index (χ2v) is 6.07. The SMILES string of the molecule is Clc1ccc(N2CCCN3CCCC3C2)c(Cl)c1. The van der Waals surface area contributed by atoms with E-state index in [1.807, 2.05) is 12.1 Å². The van der Waals surface area contributed by atoms with Gasteiger partial charge in [0.1, 0.15) is 0 Å². The second-order valence-electron chi connectivity index (χ2n) is 5.23. The van der Waals surface area contributed by atoms with Crippen molar-refractivity contribution in [2.45, 2.75) is 25.3 Å². The van der Waals surface area contributed by atoms with Crippen molar-refractivity contribution >= 4 is 28.9 Å². The highest BCUT2D eigenvalue weighted by Crippen LogP contribution is 2.31. The summed E-state index contributed by atoms with van der Waals surface area (Å²) in [5, 5.41) is 1.48. The summed E-state index contributed by atoms with van der Waals surface area (Å²) in [7, 11) is 0. The van der Waals surface area contributed by atoms with Crippen molar-refractivity contribution < 1.29 is 0 Å². The third kappa shape index (κ3) is 2.47. The van der Waals surface area contributed by atoms with Gasteiger partial charge in [0.05, 0.1) is 10.7 Å². The van der Waals surface area contributed by atoms with Gasteiger partial charge in [-0.05, 0) is 44.0 Å². The molecule has 0 N–H and O–H groups in total. The molecule has 0 spiro atoms. The van der Waals surface area contributed by atoms with Gasteiger partial charge in [0.2, 0.25) is 0 Å². The van der Waals surface area contributed by atoms with Crippen LogP contribution in [-0.4, -0.2) is 37.1 Å². The molecule has 3 rings (SSSR count). The maximum atomic E-state index is 6.32. The van der Waals surface area contributed by atoms with Gasteiger partial charge in [-0.1, -0.05) is 23.2 Å². The summed E-state index contributed by atoms with van der Waals surface area (Å²) >= 11 is 12.3. The molecule has 0 aliphatic carbocycles. The molecule has 1 aromatic rings. The van der Waals surface area contributed by atoms with Gasteiger partial charge in [-0.15, -0.1) is 0 Å². The van der Waals surface area contributed by atoms with E-state index in [0.29, 0.717) is 11.1 Å². The molecule has 18 heavy (non-hydrogen) atoms. The number of hydrogen-bond donors (Lipinski definition) is 0. The van der Waals surface area contributed by atoms with Crippen LogP contribution in [0.4, 0.5) is 5.69 Å². The Morgan fingerprint density at radius 1 is 1.06 bits per heavy atom. The molecule has 2 aliphatic rings. The standard InChI is InChI=1S/C14H18Cl2N2/c15-11-4-5-14(13(16)9-11)18-8-2-7-17-6-1-3-12(17)10-18/h4-5,9,12H,1-3,6-8,10H2. The number of rotatable bonds is 1. The molecule has 2 saturated heterocycles. The minimum absolute atomic E-state index is 0.708. The highest BCUT2D eigenvalue weighted by Gasteiger charge is 2.29. The molecule has 0 radical (unpaired) electrons. The van der Waals surface area contributed by atoms with E-state index in [1.54, 1.807) is 0 Å². The molecular formula is C14H18Cl2N2. The van der Waals surface area contributed by atoms with Crippen LogP contribution in [0.5, 0.6) is 0 Å². The molecule has 2 fully saturated rings. The molecule has 0 saturated carbocycles. The van der Waals surface area contributed by atoms with Gasteiger partial charge in [0.15, 0.2) is 0 Å². The summed E-state index contributed by atoms with van der Waals surface area (Å²) in [6.45, 7) is 4.69. The third-order valence-corrected chi connectivity index (χ3v) is 4.59. The molecule has 2 aliphatic heterocycles. The second kappa shape index (κ2) is 5.28. The van der Waals surface area contributed by atoms with Gasteiger partial charge in [-0.25, -0.2) is 0 Å². The van der Waals surface area contributed by atoms with Crippen molar-refractivity contribution in [2.75, 3.05) is 31.1 Å². The molecule has 0 bridgehead atoms. The largest absolute Gasteiger partial charge is 0.369 e. The quantitative estimate of drug-likeness (QED) is 0.777. The lowest BCUT2D eigenvalue weighted by atomic mass is 10.2. The molecule has 1 aromatic carbocycles. The van der Waals surface area contributed by atoms with Crippen molar-refractivity contribution in [1.29, 1.82) is 0 Å². The van der Waals surface area contributed by atoms with Crippen LogP contribution in [0.3, 0.4) is 0 Å². The highest BCUT2D eigenvalue weighted by molar-refractivity contribution is 6.36. The minimum Gasteiger partial charge on any atom is -0.369 e. The van der Waals surface area contributed by atoms with E-state index in [-0.39, 0.29) is 0 Å². The Morgan fingerprint density at radius 2 is 1.89 bits per heavy atom. The van der Waals surface area contributed by atoms with Gasteiger partial charge in [-0.3, -0.25) is 4.90 Å². The zero-order valence-corrected chi connectivity index (χ0v) is 11.9. The molecule has 4 heteroatoms. The molecule has 98 valence electrons. The molecular weight excluding hydrogens is 267 g/mol. The first kappa shape index (κ1) is 12.6. The molecule has 0 amide bonds. The van der Waals surface area contributed by atoms with Gasteiger partial charge in [0.25, 0.3) is 0 Å². The van der Waals surface area contributed by atoms with Crippen LogP contribution in [0.1, 0.15) is 19.3 Å². The Balaban J connectivity index is 1.82. The molecule has 2 nitrogen and oxygen atoms in total. The Bertz CT molecular complexity index is 436. The maximum absolute atomic E-state index is 6.32. The van der Waals surface area contributed by atoms with Gasteiger partial charge >= 0.3 is 0 Å². The average Bonchev–Trinajstić information content (AvgIpc) is 2.67. The van der Waals surface area contributed by atoms with Crippen molar-refractivity contribution in [3.8, 4) is 0 Å². The number of anilines is 1. The Kier molecular flexibility index (Phi) is 3.69. The minimum atomic E-state index is 0.708. The topological polar surface area (TPSA) is 6.48 Å². The van der Waals surface area contributed by atoms with E-state index >= 15 is 0 Å². The lowest BCUT2D eigenvalue weighted by Gasteiger charge is -2.28. The predicted molar refractivity (Wildman–Crippen MR) is 77.9 cm³/mol. The number of nitrogens with zero attached hydrogens (tertiary/aromatic N) is 2. The number of halogens is 2. The molecule has 0 aromatic heterocycles. The van der Waals surface area contributed by atoms with Crippen LogP contribution in [0.15, 0.2) is 18.2 Å². The monoisotopic (exact) mass is 284 g/mol. The zero-order chi connectivity index (χ0) is 12.5. The van der Waals surface area contributed by atoms with Gasteiger partial charge < -0.3 is 4.90 Å². The fraction of sp³-hybridized carbons (Fsp3) is 0.571. The van der Waals surface area contributed by atoms with Gasteiger partial charge in [-0.2, -0.15) is 0 Å². The summed E-state index contributed by atoms with van der Waals surface area (Å²) < 4.78 is 0. The van der Waals surface area contributed by atoms with Crippen LogP contribution in [0.25, 0.3) is 0 Å². The maximum Gasteiger partial charge on any atom is 0.0654 e.